The number of aliphatic hydroxyl groups is 1. The molecule has 1 saturated carbocycles. The highest BCUT2D eigenvalue weighted by molar-refractivity contribution is 4.82. The fourth-order valence-corrected chi connectivity index (χ4v) is 3.36. The second-order valence-electron chi connectivity index (χ2n) is 7.60. The molecule has 1 aliphatic carbocycles. The van der Waals surface area contributed by atoms with E-state index in [0.29, 0.717) is 25.3 Å². The maximum Gasteiger partial charge on any atom is 0.0900 e. The molecule has 1 heterocycles. The number of hydrogen-bond donors (Lipinski definition) is 1. The van der Waals surface area contributed by atoms with Crippen molar-refractivity contribution in [3.05, 3.63) is 0 Å². The van der Waals surface area contributed by atoms with Crippen LogP contribution in [0.2, 0.25) is 0 Å². The zero-order chi connectivity index (χ0) is 15.3. The van der Waals surface area contributed by atoms with Gasteiger partial charge in [-0.3, -0.25) is 4.90 Å². The van der Waals surface area contributed by atoms with Gasteiger partial charge in [-0.2, -0.15) is 0 Å². The summed E-state index contributed by atoms with van der Waals surface area (Å²) in [5.74, 6) is 0. The van der Waals surface area contributed by atoms with E-state index in [0.717, 1.165) is 19.6 Å². The molecule has 0 spiro atoms. The van der Waals surface area contributed by atoms with E-state index in [1.165, 1.54) is 32.1 Å². The molecular formula is C17H33NO3. The average Bonchev–Trinajstić information content (AvgIpc) is 3.07. The Balaban J connectivity index is 1.82. The first-order valence-electron chi connectivity index (χ1n) is 8.62. The van der Waals surface area contributed by atoms with Crippen LogP contribution in [0.3, 0.4) is 0 Å². The summed E-state index contributed by atoms with van der Waals surface area (Å²) in [5.41, 5.74) is -0.187. The van der Waals surface area contributed by atoms with Crippen LogP contribution < -0.4 is 0 Å². The Bertz CT molecular complexity index is 291. The molecule has 4 nitrogen and oxygen atoms in total. The lowest BCUT2D eigenvalue weighted by Gasteiger charge is -2.33. The number of ether oxygens (including phenoxy) is 2. The highest BCUT2D eigenvalue weighted by Gasteiger charge is 2.28. The number of rotatable bonds is 7. The molecule has 2 atom stereocenters. The van der Waals surface area contributed by atoms with E-state index in [1.54, 1.807) is 0 Å². The molecular weight excluding hydrogens is 266 g/mol. The summed E-state index contributed by atoms with van der Waals surface area (Å²) in [5, 5.41) is 10.3. The summed E-state index contributed by atoms with van der Waals surface area (Å²) in [6.45, 7) is 9.08. The van der Waals surface area contributed by atoms with Crippen molar-refractivity contribution in [2.24, 2.45) is 0 Å². The van der Waals surface area contributed by atoms with Gasteiger partial charge in [0, 0.05) is 25.7 Å². The SMILES string of the molecule is CC(C)(C)OCC(O)CN(CC1CCCO1)C1CCCC1. The van der Waals surface area contributed by atoms with Gasteiger partial charge in [0.1, 0.15) is 0 Å². The Morgan fingerprint density at radius 2 is 1.90 bits per heavy atom. The first-order valence-corrected chi connectivity index (χ1v) is 8.62. The van der Waals surface area contributed by atoms with Crippen LogP contribution in [0.5, 0.6) is 0 Å². The molecule has 1 saturated heterocycles. The minimum atomic E-state index is -0.411. The lowest BCUT2D eigenvalue weighted by Crippen LogP contribution is -2.45. The molecule has 2 rings (SSSR count). The Morgan fingerprint density at radius 3 is 2.48 bits per heavy atom. The number of nitrogens with zero attached hydrogens (tertiary/aromatic N) is 1. The van der Waals surface area contributed by atoms with Crippen molar-refractivity contribution in [3.8, 4) is 0 Å². The van der Waals surface area contributed by atoms with Crippen molar-refractivity contribution >= 4 is 0 Å². The Hall–Kier alpha value is -0.160. The van der Waals surface area contributed by atoms with Gasteiger partial charge in [0.25, 0.3) is 0 Å². The standard InChI is InChI=1S/C17H33NO3/c1-17(2,3)21-13-15(19)11-18(14-7-4-5-8-14)12-16-9-6-10-20-16/h14-16,19H,4-13H2,1-3H3. The van der Waals surface area contributed by atoms with Crippen molar-refractivity contribution < 1.29 is 14.6 Å². The molecule has 1 N–H and O–H groups in total. The summed E-state index contributed by atoms with van der Waals surface area (Å²) in [4.78, 5) is 2.46. The first-order chi connectivity index (χ1) is 9.94. The van der Waals surface area contributed by atoms with Gasteiger partial charge in [-0.1, -0.05) is 12.8 Å². The van der Waals surface area contributed by atoms with Gasteiger partial charge in [-0.05, 0) is 46.5 Å². The second kappa shape index (κ2) is 7.91. The molecule has 2 fully saturated rings. The van der Waals surface area contributed by atoms with Crippen LogP contribution in [0.1, 0.15) is 59.3 Å². The smallest absolute Gasteiger partial charge is 0.0900 e. The molecule has 0 amide bonds. The maximum atomic E-state index is 10.3. The predicted octanol–water partition coefficient (Wildman–Crippen LogP) is 2.59. The molecule has 4 heteroatoms. The third kappa shape index (κ3) is 6.23. The summed E-state index contributed by atoms with van der Waals surface area (Å²) in [7, 11) is 0. The van der Waals surface area contributed by atoms with Crippen molar-refractivity contribution in [1.82, 2.24) is 4.90 Å². The quantitative estimate of drug-likeness (QED) is 0.784. The van der Waals surface area contributed by atoms with E-state index in [4.69, 9.17) is 9.47 Å². The van der Waals surface area contributed by atoms with Gasteiger partial charge in [0.2, 0.25) is 0 Å². The van der Waals surface area contributed by atoms with Crippen LogP contribution in [0.4, 0.5) is 0 Å². The van der Waals surface area contributed by atoms with Crippen molar-refractivity contribution in [1.29, 1.82) is 0 Å². The second-order valence-corrected chi connectivity index (χ2v) is 7.60. The third-order valence-corrected chi connectivity index (χ3v) is 4.46. The Kier molecular flexibility index (Phi) is 6.48. The highest BCUT2D eigenvalue weighted by atomic mass is 16.5. The van der Waals surface area contributed by atoms with Gasteiger partial charge >= 0.3 is 0 Å². The molecule has 0 aromatic carbocycles. The number of aliphatic hydroxyl groups excluding tert-OH is 1. The van der Waals surface area contributed by atoms with E-state index in [2.05, 4.69) is 4.90 Å². The van der Waals surface area contributed by atoms with Crippen molar-refractivity contribution in [2.75, 3.05) is 26.3 Å². The van der Waals surface area contributed by atoms with Gasteiger partial charge in [0.05, 0.1) is 24.4 Å². The van der Waals surface area contributed by atoms with Crippen LogP contribution in [0, 0.1) is 0 Å². The summed E-state index contributed by atoms with van der Waals surface area (Å²) >= 11 is 0. The largest absolute Gasteiger partial charge is 0.389 e. The van der Waals surface area contributed by atoms with Gasteiger partial charge in [0.15, 0.2) is 0 Å². The van der Waals surface area contributed by atoms with Crippen LogP contribution in [-0.2, 0) is 9.47 Å². The zero-order valence-corrected chi connectivity index (χ0v) is 14.0. The molecule has 1 aliphatic heterocycles. The van der Waals surface area contributed by atoms with Gasteiger partial charge in [-0.25, -0.2) is 0 Å². The zero-order valence-electron chi connectivity index (χ0n) is 14.0. The lowest BCUT2D eigenvalue weighted by atomic mass is 10.1. The monoisotopic (exact) mass is 299 g/mol. The fraction of sp³-hybridized carbons (Fsp3) is 1.00. The normalized spacial score (nSPS) is 25.9. The summed E-state index contributed by atoms with van der Waals surface area (Å²) < 4.78 is 11.5. The molecule has 0 aromatic heterocycles. The van der Waals surface area contributed by atoms with E-state index >= 15 is 0 Å². The topological polar surface area (TPSA) is 41.9 Å². The Morgan fingerprint density at radius 1 is 1.19 bits per heavy atom. The molecule has 2 unspecified atom stereocenters. The predicted molar refractivity (Wildman–Crippen MR) is 84.5 cm³/mol. The average molecular weight is 299 g/mol. The molecule has 2 aliphatic rings. The minimum absolute atomic E-state index is 0.187. The van der Waals surface area contributed by atoms with Gasteiger partial charge < -0.3 is 14.6 Å². The third-order valence-electron chi connectivity index (χ3n) is 4.46. The van der Waals surface area contributed by atoms with Crippen LogP contribution in [0.25, 0.3) is 0 Å². The maximum absolute atomic E-state index is 10.3. The van der Waals surface area contributed by atoms with Crippen molar-refractivity contribution in [3.63, 3.8) is 0 Å². The van der Waals surface area contributed by atoms with Crippen LogP contribution >= 0.6 is 0 Å². The van der Waals surface area contributed by atoms with E-state index in [-0.39, 0.29) is 5.60 Å². The molecule has 124 valence electrons. The van der Waals surface area contributed by atoms with Gasteiger partial charge in [-0.15, -0.1) is 0 Å². The summed E-state index contributed by atoms with van der Waals surface area (Å²) in [6, 6.07) is 0.624. The first kappa shape index (κ1) is 17.2. The fourth-order valence-electron chi connectivity index (χ4n) is 3.36. The van der Waals surface area contributed by atoms with Crippen LogP contribution in [-0.4, -0.2) is 60.2 Å². The van der Waals surface area contributed by atoms with Crippen LogP contribution in [0.15, 0.2) is 0 Å². The summed E-state index contributed by atoms with van der Waals surface area (Å²) in [6.07, 6.45) is 7.46. The van der Waals surface area contributed by atoms with E-state index < -0.39 is 6.10 Å². The highest BCUT2D eigenvalue weighted by Crippen LogP contribution is 2.25. The van der Waals surface area contributed by atoms with E-state index in [1.807, 2.05) is 20.8 Å². The lowest BCUT2D eigenvalue weighted by molar-refractivity contribution is -0.0622. The Labute approximate surface area is 129 Å². The number of hydrogen-bond acceptors (Lipinski definition) is 4. The molecule has 0 bridgehead atoms. The minimum Gasteiger partial charge on any atom is -0.389 e. The van der Waals surface area contributed by atoms with E-state index in [9.17, 15) is 5.11 Å². The molecule has 21 heavy (non-hydrogen) atoms. The molecule has 0 radical (unpaired) electrons. The molecule has 0 aromatic rings. The van der Waals surface area contributed by atoms with Crippen molar-refractivity contribution in [2.45, 2.75) is 83.1 Å².